The number of phenolic OH excluding ortho intramolecular Hbond substituents is 1. The van der Waals surface area contributed by atoms with Crippen LogP contribution in [-0.4, -0.2) is 33.2 Å². The molecule has 1 aromatic carbocycles. The topological polar surface area (TPSA) is 62.4 Å². The second kappa shape index (κ2) is 6.08. The number of rotatable bonds is 3. The van der Waals surface area contributed by atoms with Gasteiger partial charge in [-0.1, -0.05) is 11.2 Å². The largest absolute Gasteiger partial charge is 0.508 e. The maximum atomic E-state index is 10.2. The van der Waals surface area contributed by atoms with Crippen LogP contribution in [0.4, 0.5) is 0 Å². The summed E-state index contributed by atoms with van der Waals surface area (Å²) >= 11 is 0. The molecule has 118 valence electrons. The van der Waals surface area contributed by atoms with E-state index in [0.29, 0.717) is 17.5 Å². The van der Waals surface area contributed by atoms with Crippen LogP contribution in [0.1, 0.15) is 47.2 Å². The Morgan fingerprint density at radius 1 is 1.27 bits per heavy atom. The monoisotopic (exact) mass is 301 g/mol. The van der Waals surface area contributed by atoms with Crippen LogP contribution in [0.15, 0.2) is 16.7 Å². The molecule has 0 radical (unpaired) electrons. The number of likely N-dealkylation sites (tertiary alicyclic amines) is 1. The second-order valence-electron chi connectivity index (χ2n) is 6.32. The zero-order valence-electron chi connectivity index (χ0n) is 13.5. The minimum atomic E-state index is 0.295. The van der Waals surface area contributed by atoms with E-state index >= 15 is 0 Å². The number of hydrogen-bond acceptors (Lipinski definition) is 5. The Hall–Kier alpha value is -1.88. The van der Waals surface area contributed by atoms with Crippen LogP contribution in [-0.2, 0) is 6.54 Å². The Balaban J connectivity index is 1.71. The van der Waals surface area contributed by atoms with Crippen molar-refractivity contribution in [1.29, 1.82) is 0 Å². The normalized spacial score (nSPS) is 19.5. The standard InChI is InChI=1S/C17H23N3O2/c1-11-7-15(16(21)8-12(11)2)10-20-6-4-5-14(9-20)17-18-13(3)19-22-17/h7-8,14,21H,4-6,9-10H2,1-3H3. The Kier molecular flexibility index (Phi) is 4.16. The summed E-state index contributed by atoms with van der Waals surface area (Å²) in [6.45, 7) is 8.65. The van der Waals surface area contributed by atoms with Crippen molar-refractivity contribution < 1.29 is 9.63 Å². The summed E-state index contributed by atoms with van der Waals surface area (Å²) in [6, 6.07) is 3.94. The van der Waals surface area contributed by atoms with Gasteiger partial charge in [-0.3, -0.25) is 4.90 Å². The van der Waals surface area contributed by atoms with Gasteiger partial charge in [0.2, 0.25) is 5.89 Å². The molecule has 1 fully saturated rings. The van der Waals surface area contributed by atoms with Crippen molar-refractivity contribution >= 4 is 0 Å². The summed E-state index contributed by atoms with van der Waals surface area (Å²) in [5, 5.41) is 14.1. The van der Waals surface area contributed by atoms with E-state index in [9.17, 15) is 5.11 Å². The number of phenols is 1. The third kappa shape index (κ3) is 3.14. The molecule has 0 saturated carbocycles. The molecular formula is C17H23N3O2. The van der Waals surface area contributed by atoms with Crippen LogP contribution in [0.25, 0.3) is 0 Å². The first-order valence-corrected chi connectivity index (χ1v) is 7.84. The van der Waals surface area contributed by atoms with E-state index in [1.54, 1.807) is 0 Å². The van der Waals surface area contributed by atoms with Gasteiger partial charge in [0.1, 0.15) is 5.75 Å². The number of piperidine rings is 1. The third-order valence-corrected chi connectivity index (χ3v) is 4.49. The van der Waals surface area contributed by atoms with Crippen LogP contribution in [0, 0.1) is 20.8 Å². The molecule has 1 aliphatic rings. The number of aryl methyl sites for hydroxylation is 3. The lowest BCUT2D eigenvalue weighted by Gasteiger charge is -2.31. The molecule has 5 nitrogen and oxygen atoms in total. The van der Waals surface area contributed by atoms with E-state index in [1.165, 1.54) is 5.56 Å². The maximum absolute atomic E-state index is 10.2. The maximum Gasteiger partial charge on any atom is 0.231 e. The van der Waals surface area contributed by atoms with Crippen molar-refractivity contribution in [2.24, 2.45) is 0 Å². The fourth-order valence-corrected chi connectivity index (χ4v) is 3.11. The van der Waals surface area contributed by atoms with Crippen LogP contribution in [0.2, 0.25) is 0 Å². The van der Waals surface area contributed by atoms with Crippen LogP contribution in [0.5, 0.6) is 5.75 Å². The van der Waals surface area contributed by atoms with Gasteiger partial charge in [0, 0.05) is 18.7 Å². The van der Waals surface area contributed by atoms with Gasteiger partial charge >= 0.3 is 0 Å². The molecule has 0 amide bonds. The van der Waals surface area contributed by atoms with Crippen LogP contribution < -0.4 is 0 Å². The summed E-state index contributed by atoms with van der Waals surface area (Å²) in [5.41, 5.74) is 3.33. The van der Waals surface area contributed by atoms with E-state index < -0.39 is 0 Å². The molecule has 0 bridgehead atoms. The van der Waals surface area contributed by atoms with E-state index in [0.717, 1.165) is 49.5 Å². The Morgan fingerprint density at radius 2 is 2.05 bits per heavy atom. The van der Waals surface area contributed by atoms with Crippen LogP contribution >= 0.6 is 0 Å². The summed E-state index contributed by atoms with van der Waals surface area (Å²) in [4.78, 5) is 6.72. The van der Waals surface area contributed by atoms with Gasteiger partial charge < -0.3 is 9.63 Å². The van der Waals surface area contributed by atoms with Gasteiger partial charge in [0.15, 0.2) is 5.82 Å². The number of benzene rings is 1. The van der Waals surface area contributed by atoms with Crippen molar-refractivity contribution in [2.75, 3.05) is 13.1 Å². The molecule has 2 heterocycles. The van der Waals surface area contributed by atoms with E-state index in [1.807, 2.05) is 19.9 Å². The first kappa shape index (κ1) is 15.0. The van der Waals surface area contributed by atoms with E-state index in [4.69, 9.17) is 4.52 Å². The molecule has 1 unspecified atom stereocenters. The lowest BCUT2D eigenvalue weighted by Crippen LogP contribution is -2.34. The molecule has 22 heavy (non-hydrogen) atoms. The average molecular weight is 301 g/mol. The number of hydrogen-bond donors (Lipinski definition) is 1. The first-order valence-electron chi connectivity index (χ1n) is 7.84. The highest BCUT2D eigenvalue weighted by Gasteiger charge is 2.26. The Bertz CT molecular complexity index is 666. The zero-order chi connectivity index (χ0) is 15.7. The van der Waals surface area contributed by atoms with E-state index in [-0.39, 0.29) is 0 Å². The smallest absolute Gasteiger partial charge is 0.231 e. The van der Waals surface area contributed by atoms with Crippen LogP contribution in [0.3, 0.4) is 0 Å². The molecule has 0 spiro atoms. The molecule has 1 aliphatic heterocycles. The highest BCUT2D eigenvalue weighted by Crippen LogP contribution is 2.29. The van der Waals surface area contributed by atoms with Gasteiger partial charge in [0.05, 0.1) is 5.92 Å². The van der Waals surface area contributed by atoms with Crippen molar-refractivity contribution in [3.05, 3.63) is 40.5 Å². The summed E-state index contributed by atoms with van der Waals surface area (Å²) in [7, 11) is 0. The Morgan fingerprint density at radius 3 is 2.77 bits per heavy atom. The second-order valence-corrected chi connectivity index (χ2v) is 6.32. The van der Waals surface area contributed by atoms with Gasteiger partial charge in [-0.2, -0.15) is 4.98 Å². The van der Waals surface area contributed by atoms with Gasteiger partial charge in [-0.25, -0.2) is 0 Å². The highest BCUT2D eigenvalue weighted by molar-refractivity contribution is 5.40. The van der Waals surface area contributed by atoms with E-state index in [2.05, 4.69) is 28.0 Å². The molecule has 0 aliphatic carbocycles. The fraction of sp³-hybridized carbons (Fsp3) is 0.529. The SMILES string of the molecule is Cc1noc(C2CCCN(Cc3cc(C)c(C)cc3O)C2)n1. The summed E-state index contributed by atoms with van der Waals surface area (Å²) in [5.74, 6) is 2.12. The zero-order valence-corrected chi connectivity index (χ0v) is 13.5. The molecule has 5 heteroatoms. The minimum Gasteiger partial charge on any atom is -0.508 e. The first-order chi connectivity index (χ1) is 10.5. The Labute approximate surface area is 131 Å². The molecular weight excluding hydrogens is 278 g/mol. The lowest BCUT2D eigenvalue weighted by atomic mass is 9.97. The third-order valence-electron chi connectivity index (χ3n) is 4.49. The number of aromatic nitrogens is 2. The molecule has 1 saturated heterocycles. The minimum absolute atomic E-state index is 0.295. The quantitative estimate of drug-likeness (QED) is 0.944. The predicted molar refractivity (Wildman–Crippen MR) is 83.9 cm³/mol. The lowest BCUT2D eigenvalue weighted by molar-refractivity contribution is 0.179. The predicted octanol–water partition coefficient (Wildman–Crippen LogP) is 3.08. The van der Waals surface area contributed by atoms with Crippen molar-refractivity contribution in [1.82, 2.24) is 15.0 Å². The molecule has 1 N–H and O–H groups in total. The average Bonchev–Trinajstić information content (AvgIpc) is 2.92. The molecule has 3 rings (SSSR count). The molecule has 2 aromatic rings. The number of aromatic hydroxyl groups is 1. The van der Waals surface area contributed by atoms with Gasteiger partial charge in [-0.05, 0) is 57.4 Å². The van der Waals surface area contributed by atoms with Crippen molar-refractivity contribution in [3.63, 3.8) is 0 Å². The molecule has 1 aromatic heterocycles. The van der Waals surface area contributed by atoms with Gasteiger partial charge in [-0.15, -0.1) is 0 Å². The summed E-state index contributed by atoms with van der Waals surface area (Å²) in [6.07, 6.45) is 2.19. The number of nitrogens with zero attached hydrogens (tertiary/aromatic N) is 3. The summed E-state index contributed by atoms with van der Waals surface area (Å²) < 4.78 is 5.32. The van der Waals surface area contributed by atoms with Crippen molar-refractivity contribution in [2.45, 2.75) is 46.1 Å². The van der Waals surface area contributed by atoms with Gasteiger partial charge in [0.25, 0.3) is 0 Å². The molecule has 1 atom stereocenters. The fourth-order valence-electron chi connectivity index (χ4n) is 3.11. The van der Waals surface area contributed by atoms with Crippen molar-refractivity contribution in [3.8, 4) is 5.75 Å². The highest BCUT2D eigenvalue weighted by atomic mass is 16.5.